The summed E-state index contributed by atoms with van der Waals surface area (Å²) in [6.45, 7) is 2.40. The highest BCUT2D eigenvalue weighted by molar-refractivity contribution is 5.81. The van der Waals surface area contributed by atoms with Crippen LogP contribution in [0.1, 0.15) is 25.3 Å². The van der Waals surface area contributed by atoms with E-state index in [0.29, 0.717) is 24.7 Å². The number of H-pyrrole nitrogens is 1. The number of hydrogen-bond donors (Lipinski definition) is 2. The molecular weight excluding hydrogens is 410 g/mol. The normalized spacial score (nSPS) is 10.5. The fourth-order valence-electron chi connectivity index (χ4n) is 3.20. The highest BCUT2D eigenvalue weighted by atomic mass is 16.5. The number of esters is 1. The zero-order valence-corrected chi connectivity index (χ0v) is 18.4. The zero-order valence-electron chi connectivity index (χ0n) is 18.4. The number of benzene rings is 2. The molecular formula is C24H27N3O5. The fourth-order valence-corrected chi connectivity index (χ4v) is 3.20. The first-order valence-electron chi connectivity index (χ1n) is 10.3. The smallest absolute Gasteiger partial charge is 0.306 e. The first-order valence-corrected chi connectivity index (χ1v) is 10.3. The van der Waals surface area contributed by atoms with E-state index in [2.05, 4.69) is 15.3 Å². The minimum atomic E-state index is -0.370. The molecule has 32 heavy (non-hydrogen) atoms. The monoisotopic (exact) mass is 437 g/mol. The number of aromatic nitrogens is 2. The molecule has 0 radical (unpaired) electrons. The van der Waals surface area contributed by atoms with Gasteiger partial charge in [0.25, 0.3) is 0 Å². The number of nitrogens with one attached hydrogen (secondary N) is 2. The van der Waals surface area contributed by atoms with E-state index in [0.717, 1.165) is 28.1 Å². The molecule has 0 atom stereocenters. The second-order valence-corrected chi connectivity index (χ2v) is 6.99. The van der Waals surface area contributed by atoms with E-state index in [1.807, 2.05) is 42.5 Å². The van der Waals surface area contributed by atoms with Gasteiger partial charge in [0.15, 0.2) is 0 Å². The topological polar surface area (TPSA) is 103 Å². The van der Waals surface area contributed by atoms with Crippen LogP contribution in [0.2, 0.25) is 0 Å². The highest BCUT2D eigenvalue weighted by Gasteiger charge is 2.12. The molecule has 2 N–H and O–H groups in total. The van der Waals surface area contributed by atoms with Crippen molar-refractivity contribution in [3.05, 3.63) is 54.2 Å². The van der Waals surface area contributed by atoms with Gasteiger partial charge in [-0.3, -0.25) is 9.59 Å². The number of amides is 1. The fraction of sp³-hybridized carbons (Fsp3) is 0.292. The van der Waals surface area contributed by atoms with E-state index in [1.165, 1.54) is 0 Å². The maximum Gasteiger partial charge on any atom is 0.306 e. The molecule has 0 bridgehead atoms. The Labute approximate surface area is 186 Å². The van der Waals surface area contributed by atoms with Gasteiger partial charge in [-0.25, -0.2) is 4.98 Å². The summed E-state index contributed by atoms with van der Waals surface area (Å²) in [7, 11) is 3.23. The van der Waals surface area contributed by atoms with Crippen molar-refractivity contribution in [1.29, 1.82) is 0 Å². The number of methoxy groups -OCH3 is 2. The molecule has 1 heterocycles. The third-order valence-corrected chi connectivity index (χ3v) is 4.82. The van der Waals surface area contributed by atoms with Gasteiger partial charge in [0.2, 0.25) is 5.91 Å². The molecule has 0 saturated carbocycles. The number of hydrogen-bond acceptors (Lipinski definition) is 6. The molecule has 0 saturated heterocycles. The van der Waals surface area contributed by atoms with Crippen LogP contribution in [0.25, 0.3) is 22.6 Å². The molecule has 0 aliphatic carbocycles. The van der Waals surface area contributed by atoms with Gasteiger partial charge < -0.3 is 24.5 Å². The molecule has 2 aromatic carbocycles. The Kier molecular flexibility index (Phi) is 7.85. The van der Waals surface area contributed by atoms with Gasteiger partial charge in [-0.15, -0.1) is 0 Å². The molecule has 1 amide bonds. The lowest BCUT2D eigenvalue weighted by molar-refractivity contribution is -0.144. The van der Waals surface area contributed by atoms with Gasteiger partial charge in [-0.2, -0.15) is 0 Å². The van der Waals surface area contributed by atoms with Crippen LogP contribution in [0.5, 0.6) is 11.5 Å². The number of aromatic amines is 1. The quantitative estimate of drug-likeness (QED) is 0.469. The number of rotatable bonds is 10. The summed E-state index contributed by atoms with van der Waals surface area (Å²) in [6.07, 6.45) is 1.92. The molecule has 0 aliphatic rings. The van der Waals surface area contributed by atoms with E-state index in [9.17, 15) is 9.59 Å². The van der Waals surface area contributed by atoms with Crippen molar-refractivity contribution in [3.8, 4) is 34.1 Å². The summed E-state index contributed by atoms with van der Waals surface area (Å²) in [6, 6.07) is 13.3. The molecule has 0 fully saturated rings. The number of ether oxygens (including phenoxy) is 3. The van der Waals surface area contributed by atoms with Crippen LogP contribution < -0.4 is 14.8 Å². The van der Waals surface area contributed by atoms with Crippen molar-refractivity contribution in [2.75, 3.05) is 20.8 Å². The maximum atomic E-state index is 12.0. The highest BCUT2D eigenvalue weighted by Crippen LogP contribution is 2.33. The minimum absolute atomic E-state index is 0.0720. The number of carbonyl (C=O) groups is 2. The van der Waals surface area contributed by atoms with Crippen LogP contribution >= 0.6 is 0 Å². The first-order chi connectivity index (χ1) is 15.5. The molecule has 3 aromatic rings. The minimum Gasteiger partial charge on any atom is -0.497 e. The molecule has 168 valence electrons. The van der Waals surface area contributed by atoms with Crippen molar-refractivity contribution in [2.45, 2.75) is 26.3 Å². The molecule has 0 spiro atoms. The van der Waals surface area contributed by atoms with Gasteiger partial charge in [0.05, 0.1) is 39.1 Å². The Morgan fingerprint density at radius 1 is 1.06 bits per heavy atom. The van der Waals surface area contributed by atoms with Gasteiger partial charge in [0.1, 0.15) is 17.3 Å². The number of nitrogens with zero attached hydrogens (tertiary/aromatic N) is 1. The van der Waals surface area contributed by atoms with E-state index in [4.69, 9.17) is 14.2 Å². The average Bonchev–Trinajstić information content (AvgIpc) is 3.31. The van der Waals surface area contributed by atoms with Crippen molar-refractivity contribution < 1.29 is 23.8 Å². The van der Waals surface area contributed by atoms with E-state index >= 15 is 0 Å². The predicted molar refractivity (Wildman–Crippen MR) is 120 cm³/mol. The molecule has 8 nitrogen and oxygen atoms in total. The lowest BCUT2D eigenvalue weighted by Gasteiger charge is -2.09. The summed E-state index contributed by atoms with van der Waals surface area (Å²) in [4.78, 5) is 31.2. The Bertz CT molecular complexity index is 1080. The zero-order chi connectivity index (χ0) is 22.9. The van der Waals surface area contributed by atoms with E-state index < -0.39 is 0 Å². The Hall–Kier alpha value is -3.81. The summed E-state index contributed by atoms with van der Waals surface area (Å²) in [5.41, 5.74) is 3.45. The van der Waals surface area contributed by atoms with E-state index in [-0.39, 0.29) is 24.7 Å². The van der Waals surface area contributed by atoms with Gasteiger partial charge in [0, 0.05) is 24.1 Å². The second kappa shape index (κ2) is 11.0. The third-order valence-electron chi connectivity index (χ3n) is 4.82. The van der Waals surface area contributed by atoms with Gasteiger partial charge in [-0.05, 0) is 36.8 Å². The van der Waals surface area contributed by atoms with Gasteiger partial charge >= 0.3 is 5.97 Å². The molecule has 0 unspecified atom stereocenters. The average molecular weight is 437 g/mol. The summed E-state index contributed by atoms with van der Waals surface area (Å²) in [5, 5.41) is 2.83. The summed E-state index contributed by atoms with van der Waals surface area (Å²) in [5.74, 6) is 1.55. The molecule has 0 aliphatic heterocycles. The molecule has 8 heteroatoms. The lowest BCUT2D eigenvalue weighted by atomic mass is 10.1. The Balaban J connectivity index is 1.68. The Morgan fingerprint density at radius 3 is 2.66 bits per heavy atom. The summed E-state index contributed by atoms with van der Waals surface area (Å²) < 4.78 is 15.6. The van der Waals surface area contributed by atoms with Gasteiger partial charge in [-0.1, -0.05) is 18.2 Å². The largest absolute Gasteiger partial charge is 0.497 e. The number of imidazole rings is 1. The van der Waals surface area contributed by atoms with Crippen LogP contribution in [0, 0.1) is 0 Å². The predicted octanol–water partition coefficient (Wildman–Crippen LogP) is 3.72. The van der Waals surface area contributed by atoms with Crippen LogP contribution in [-0.2, 0) is 20.9 Å². The van der Waals surface area contributed by atoms with Crippen LogP contribution in [0.4, 0.5) is 0 Å². The lowest BCUT2D eigenvalue weighted by Crippen LogP contribution is -2.23. The van der Waals surface area contributed by atoms with Crippen molar-refractivity contribution in [1.82, 2.24) is 15.3 Å². The van der Waals surface area contributed by atoms with Crippen molar-refractivity contribution in [2.24, 2.45) is 0 Å². The third kappa shape index (κ3) is 5.87. The van der Waals surface area contributed by atoms with Crippen LogP contribution in [0.15, 0.2) is 48.7 Å². The van der Waals surface area contributed by atoms with Crippen LogP contribution in [-0.4, -0.2) is 42.7 Å². The number of carbonyl (C=O) groups excluding carboxylic acids is 2. The molecule has 1 aromatic heterocycles. The van der Waals surface area contributed by atoms with Crippen molar-refractivity contribution >= 4 is 11.9 Å². The Morgan fingerprint density at radius 2 is 1.91 bits per heavy atom. The van der Waals surface area contributed by atoms with Crippen LogP contribution in [0.3, 0.4) is 0 Å². The van der Waals surface area contributed by atoms with E-state index in [1.54, 1.807) is 27.3 Å². The van der Waals surface area contributed by atoms with Crippen molar-refractivity contribution in [3.63, 3.8) is 0 Å². The maximum absolute atomic E-state index is 12.0. The summed E-state index contributed by atoms with van der Waals surface area (Å²) >= 11 is 0. The SMILES string of the molecule is CCOC(=O)CCC(=O)NCc1cccc(-c2ncc(-c3cc(OC)ccc3OC)[nH]2)c1. The second-order valence-electron chi connectivity index (χ2n) is 6.99. The first kappa shape index (κ1) is 22.9. The standard InChI is InChI=1S/C24H27N3O5/c1-4-32-23(29)11-10-22(28)25-14-16-6-5-7-17(12-16)24-26-15-20(27-24)19-13-18(30-2)8-9-21(19)31-3/h5-9,12-13,15H,4,10-11,14H2,1-3H3,(H,25,28)(H,26,27). The molecule has 3 rings (SSSR count).